The summed E-state index contributed by atoms with van der Waals surface area (Å²) in [6.45, 7) is 6.76. The monoisotopic (exact) mass is 338 g/mol. The van der Waals surface area contributed by atoms with Crippen molar-refractivity contribution in [2.75, 3.05) is 12.3 Å². The minimum absolute atomic E-state index is 0.541. The molecule has 20 heavy (non-hydrogen) atoms. The number of benzene rings is 1. The Morgan fingerprint density at radius 1 is 1.30 bits per heavy atom. The van der Waals surface area contributed by atoms with Crippen molar-refractivity contribution in [2.24, 2.45) is 11.3 Å². The fourth-order valence-corrected chi connectivity index (χ4v) is 4.02. The van der Waals surface area contributed by atoms with Crippen molar-refractivity contribution in [1.29, 1.82) is 0 Å². The maximum absolute atomic E-state index is 5.83. The lowest BCUT2D eigenvalue weighted by atomic mass is 9.78. The minimum atomic E-state index is 0.541. The first-order valence-electron chi connectivity index (χ1n) is 7.75. The van der Waals surface area contributed by atoms with E-state index >= 15 is 0 Å². The highest BCUT2D eigenvalue weighted by Crippen LogP contribution is 2.42. The lowest BCUT2D eigenvalue weighted by Crippen LogP contribution is -2.33. The quantitative estimate of drug-likeness (QED) is 0.736. The van der Waals surface area contributed by atoms with Crippen LogP contribution >= 0.6 is 15.9 Å². The zero-order chi connectivity index (χ0) is 14.6. The molecule has 0 unspecified atom stereocenters. The molecule has 0 aliphatic heterocycles. The van der Waals surface area contributed by atoms with E-state index in [1.165, 1.54) is 37.7 Å². The summed E-state index contributed by atoms with van der Waals surface area (Å²) in [6.07, 6.45) is 6.95. The molecule has 1 aromatic rings. The molecule has 0 amide bonds. The van der Waals surface area contributed by atoms with E-state index in [0.717, 1.165) is 29.2 Å². The number of nitrogens with two attached hydrogens (primary N) is 1. The predicted octanol–water partition coefficient (Wildman–Crippen LogP) is 4.73. The number of halogens is 1. The Balaban J connectivity index is 1.88. The molecule has 1 aliphatic carbocycles. The average molecular weight is 339 g/mol. The third-order valence-electron chi connectivity index (χ3n) is 4.40. The molecule has 1 saturated carbocycles. The Morgan fingerprint density at radius 2 is 2.00 bits per heavy atom. The Morgan fingerprint density at radius 3 is 2.60 bits per heavy atom. The van der Waals surface area contributed by atoms with E-state index in [1.54, 1.807) is 0 Å². The Labute approximate surface area is 131 Å². The third-order valence-corrected chi connectivity index (χ3v) is 5.09. The van der Waals surface area contributed by atoms with Crippen molar-refractivity contribution >= 4 is 21.6 Å². The molecule has 0 aromatic heterocycles. The molecule has 0 bridgehead atoms. The van der Waals surface area contributed by atoms with Gasteiger partial charge in [-0.3, -0.25) is 0 Å². The van der Waals surface area contributed by atoms with Crippen LogP contribution < -0.4 is 11.1 Å². The van der Waals surface area contributed by atoms with Gasteiger partial charge in [0.25, 0.3) is 0 Å². The molecule has 1 fully saturated rings. The largest absolute Gasteiger partial charge is 0.398 e. The van der Waals surface area contributed by atoms with Gasteiger partial charge in [0.2, 0.25) is 0 Å². The number of rotatable bonds is 6. The summed E-state index contributed by atoms with van der Waals surface area (Å²) in [5, 5.41) is 3.67. The number of nitrogens with one attached hydrogen (secondary N) is 1. The minimum Gasteiger partial charge on any atom is -0.398 e. The SMILES string of the molecule is CC(C)CC1(CNCc2ccc(N)c(Br)c2)CCCC1. The summed E-state index contributed by atoms with van der Waals surface area (Å²) in [4.78, 5) is 0. The molecule has 2 rings (SSSR count). The molecule has 2 nitrogen and oxygen atoms in total. The standard InChI is InChI=1S/C17H27BrN2/c1-13(2)10-17(7-3-4-8-17)12-20-11-14-5-6-16(19)15(18)9-14/h5-6,9,13,20H,3-4,7-8,10-12,19H2,1-2H3. The summed E-state index contributed by atoms with van der Waals surface area (Å²) in [6, 6.07) is 6.20. The number of nitrogen functional groups attached to an aromatic ring is 1. The van der Waals surface area contributed by atoms with E-state index in [4.69, 9.17) is 5.73 Å². The van der Waals surface area contributed by atoms with Crippen LogP contribution in [0.25, 0.3) is 0 Å². The summed E-state index contributed by atoms with van der Waals surface area (Å²) in [5.74, 6) is 0.792. The zero-order valence-electron chi connectivity index (χ0n) is 12.7. The fraction of sp³-hybridized carbons (Fsp3) is 0.647. The number of hydrogen-bond donors (Lipinski definition) is 2. The van der Waals surface area contributed by atoms with E-state index in [0.29, 0.717) is 5.41 Å². The van der Waals surface area contributed by atoms with Crippen LogP contribution in [0.15, 0.2) is 22.7 Å². The van der Waals surface area contributed by atoms with Gasteiger partial charge in [0.05, 0.1) is 0 Å². The molecule has 1 aliphatic rings. The molecular weight excluding hydrogens is 312 g/mol. The van der Waals surface area contributed by atoms with Crippen molar-refractivity contribution in [2.45, 2.75) is 52.5 Å². The van der Waals surface area contributed by atoms with Crippen LogP contribution in [-0.2, 0) is 6.54 Å². The lowest BCUT2D eigenvalue weighted by molar-refractivity contribution is 0.223. The highest BCUT2D eigenvalue weighted by Gasteiger charge is 2.33. The molecule has 112 valence electrons. The van der Waals surface area contributed by atoms with Gasteiger partial charge in [-0.2, -0.15) is 0 Å². The predicted molar refractivity (Wildman–Crippen MR) is 90.6 cm³/mol. The first-order chi connectivity index (χ1) is 9.51. The molecule has 0 spiro atoms. The van der Waals surface area contributed by atoms with Crippen LogP contribution in [0.3, 0.4) is 0 Å². The summed E-state index contributed by atoms with van der Waals surface area (Å²) >= 11 is 3.49. The molecule has 3 N–H and O–H groups in total. The number of hydrogen-bond acceptors (Lipinski definition) is 2. The summed E-state index contributed by atoms with van der Waals surface area (Å²) in [7, 11) is 0. The smallest absolute Gasteiger partial charge is 0.0458 e. The van der Waals surface area contributed by atoms with Gasteiger partial charge >= 0.3 is 0 Å². The van der Waals surface area contributed by atoms with Crippen molar-refractivity contribution in [3.63, 3.8) is 0 Å². The highest BCUT2D eigenvalue weighted by molar-refractivity contribution is 9.10. The number of anilines is 1. The third kappa shape index (κ3) is 4.23. The van der Waals surface area contributed by atoms with Gasteiger partial charge in [0, 0.05) is 23.2 Å². The van der Waals surface area contributed by atoms with Gasteiger partial charge in [-0.05, 0) is 64.2 Å². The van der Waals surface area contributed by atoms with E-state index < -0.39 is 0 Å². The van der Waals surface area contributed by atoms with Crippen LogP contribution in [0, 0.1) is 11.3 Å². The van der Waals surface area contributed by atoms with E-state index in [1.807, 2.05) is 6.07 Å². The Kier molecular flexibility index (Phi) is 5.50. The first kappa shape index (κ1) is 15.8. The van der Waals surface area contributed by atoms with Gasteiger partial charge < -0.3 is 11.1 Å². The second-order valence-corrected chi connectivity index (χ2v) is 7.62. The van der Waals surface area contributed by atoms with Crippen molar-refractivity contribution in [1.82, 2.24) is 5.32 Å². The van der Waals surface area contributed by atoms with Crippen molar-refractivity contribution < 1.29 is 0 Å². The van der Waals surface area contributed by atoms with Gasteiger partial charge in [0.15, 0.2) is 0 Å². The molecule has 0 radical (unpaired) electrons. The van der Waals surface area contributed by atoms with Crippen LogP contribution in [0.5, 0.6) is 0 Å². The summed E-state index contributed by atoms with van der Waals surface area (Å²) < 4.78 is 0.995. The molecule has 0 saturated heterocycles. The molecular formula is C17H27BrN2. The zero-order valence-corrected chi connectivity index (χ0v) is 14.3. The second-order valence-electron chi connectivity index (χ2n) is 6.76. The maximum atomic E-state index is 5.83. The van der Waals surface area contributed by atoms with E-state index in [-0.39, 0.29) is 0 Å². The van der Waals surface area contributed by atoms with Crippen molar-refractivity contribution in [3.8, 4) is 0 Å². The van der Waals surface area contributed by atoms with Crippen LogP contribution in [0.1, 0.15) is 51.5 Å². The van der Waals surface area contributed by atoms with Crippen molar-refractivity contribution in [3.05, 3.63) is 28.2 Å². The molecule has 1 aromatic carbocycles. The Hall–Kier alpha value is -0.540. The molecule has 0 atom stereocenters. The van der Waals surface area contributed by atoms with Crippen LogP contribution in [-0.4, -0.2) is 6.54 Å². The average Bonchev–Trinajstić information content (AvgIpc) is 2.81. The Bertz CT molecular complexity index is 437. The fourth-order valence-electron chi connectivity index (χ4n) is 3.60. The summed E-state index contributed by atoms with van der Waals surface area (Å²) in [5.41, 5.74) is 8.47. The maximum Gasteiger partial charge on any atom is 0.0458 e. The lowest BCUT2D eigenvalue weighted by Gasteiger charge is -2.31. The van der Waals surface area contributed by atoms with Crippen LogP contribution in [0.4, 0.5) is 5.69 Å². The highest BCUT2D eigenvalue weighted by atomic mass is 79.9. The van der Waals surface area contributed by atoms with Crippen LogP contribution in [0.2, 0.25) is 0 Å². The van der Waals surface area contributed by atoms with E-state index in [9.17, 15) is 0 Å². The van der Waals surface area contributed by atoms with Gasteiger partial charge in [0.1, 0.15) is 0 Å². The van der Waals surface area contributed by atoms with Gasteiger partial charge in [-0.25, -0.2) is 0 Å². The second kappa shape index (κ2) is 6.95. The van der Waals surface area contributed by atoms with Gasteiger partial charge in [-0.1, -0.05) is 32.8 Å². The topological polar surface area (TPSA) is 38.0 Å². The first-order valence-corrected chi connectivity index (χ1v) is 8.55. The van der Waals surface area contributed by atoms with E-state index in [2.05, 4.69) is 47.2 Å². The van der Waals surface area contributed by atoms with Gasteiger partial charge in [-0.15, -0.1) is 0 Å². The molecule has 3 heteroatoms. The normalized spacial score (nSPS) is 17.8. The molecule has 0 heterocycles.